The summed E-state index contributed by atoms with van der Waals surface area (Å²) in [7, 11) is 1.32. The average Bonchev–Trinajstić information content (AvgIpc) is 3.06. The first-order valence-electron chi connectivity index (χ1n) is 6.91. The van der Waals surface area contributed by atoms with Crippen molar-refractivity contribution < 1.29 is 23.8 Å². The molecule has 0 aliphatic heterocycles. The van der Waals surface area contributed by atoms with Crippen molar-refractivity contribution in [2.24, 2.45) is 0 Å². The molecule has 1 atom stereocenters. The quantitative estimate of drug-likeness (QED) is 0.721. The van der Waals surface area contributed by atoms with Crippen LogP contribution in [0.3, 0.4) is 0 Å². The number of nitrogens with one attached hydrogen (secondary N) is 1. The van der Waals surface area contributed by atoms with Crippen LogP contribution in [0, 0.1) is 0 Å². The summed E-state index contributed by atoms with van der Waals surface area (Å²) in [6.45, 7) is 1.04. The number of furan rings is 1. The Morgan fingerprint density at radius 1 is 1.36 bits per heavy atom. The highest BCUT2D eigenvalue weighted by molar-refractivity contribution is 5.89. The molecule has 0 fully saturated rings. The Morgan fingerprint density at radius 2 is 2.23 bits per heavy atom. The van der Waals surface area contributed by atoms with Crippen LogP contribution in [-0.2, 0) is 11.3 Å². The number of methoxy groups -OCH3 is 1. The lowest BCUT2D eigenvalue weighted by Crippen LogP contribution is -2.31. The molecule has 118 valence electrons. The fraction of sp³-hybridized carbons (Fsp3) is 0.312. The third-order valence-electron chi connectivity index (χ3n) is 2.96. The lowest BCUT2D eigenvalue weighted by molar-refractivity contribution is 0.0600. The number of aliphatic hydroxyl groups excluding tert-OH is 1. The van der Waals surface area contributed by atoms with Crippen molar-refractivity contribution in [1.82, 2.24) is 5.32 Å². The van der Waals surface area contributed by atoms with Gasteiger partial charge in [-0.2, -0.15) is 0 Å². The molecule has 0 unspecified atom stereocenters. The maximum atomic E-state index is 11.4. The molecule has 0 saturated carbocycles. The first-order chi connectivity index (χ1) is 10.7. The van der Waals surface area contributed by atoms with Crippen molar-refractivity contribution in [1.29, 1.82) is 0 Å². The molecular weight excluding hydrogens is 286 g/mol. The van der Waals surface area contributed by atoms with E-state index in [0.717, 1.165) is 5.76 Å². The number of benzene rings is 1. The summed E-state index contributed by atoms with van der Waals surface area (Å²) in [6, 6.07) is 10.3. The summed E-state index contributed by atoms with van der Waals surface area (Å²) in [6.07, 6.45) is 0.932. The molecule has 1 aromatic heterocycles. The minimum Gasteiger partial charge on any atom is -0.491 e. The normalized spacial score (nSPS) is 11.9. The van der Waals surface area contributed by atoms with E-state index >= 15 is 0 Å². The van der Waals surface area contributed by atoms with Gasteiger partial charge in [-0.05, 0) is 30.3 Å². The molecule has 2 aromatic rings. The molecule has 6 heteroatoms. The number of hydrogen-bond donors (Lipinski definition) is 2. The molecular formula is C16H19NO5. The zero-order valence-corrected chi connectivity index (χ0v) is 12.3. The van der Waals surface area contributed by atoms with Gasteiger partial charge in [-0.15, -0.1) is 0 Å². The lowest BCUT2D eigenvalue weighted by atomic mass is 10.2. The monoisotopic (exact) mass is 305 g/mol. The fourth-order valence-corrected chi connectivity index (χ4v) is 1.86. The number of carbonyl (C=O) groups excluding carboxylic acids is 1. The number of rotatable bonds is 8. The number of ether oxygens (including phenoxy) is 2. The van der Waals surface area contributed by atoms with Crippen LogP contribution < -0.4 is 10.1 Å². The first kappa shape index (κ1) is 16.1. The maximum absolute atomic E-state index is 11.4. The average molecular weight is 305 g/mol. The molecule has 1 heterocycles. The number of hydrogen-bond acceptors (Lipinski definition) is 6. The van der Waals surface area contributed by atoms with Crippen molar-refractivity contribution in [3.8, 4) is 5.75 Å². The van der Waals surface area contributed by atoms with Gasteiger partial charge in [0, 0.05) is 6.54 Å². The third-order valence-corrected chi connectivity index (χ3v) is 2.96. The van der Waals surface area contributed by atoms with Crippen LogP contribution in [0.5, 0.6) is 5.75 Å². The highest BCUT2D eigenvalue weighted by Gasteiger charge is 2.08. The molecule has 0 saturated heterocycles. The smallest absolute Gasteiger partial charge is 0.337 e. The van der Waals surface area contributed by atoms with Gasteiger partial charge in [-0.1, -0.05) is 6.07 Å². The van der Waals surface area contributed by atoms with E-state index in [1.165, 1.54) is 7.11 Å². The van der Waals surface area contributed by atoms with Crippen molar-refractivity contribution in [3.63, 3.8) is 0 Å². The zero-order chi connectivity index (χ0) is 15.8. The van der Waals surface area contributed by atoms with Crippen LogP contribution >= 0.6 is 0 Å². The van der Waals surface area contributed by atoms with E-state index in [4.69, 9.17) is 9.15 Å². The number of aliphatic hydroxyl groups is 1. The van der Waals surface area contributed by atoms with Gasteiger partial charge >= 0.3 is 5.97 Å². The van der Waals surface area contributed by atoms with Crippen LogP contribution in [0.25, 0.3) is 0 Å². The summed E-state index contributed by atoms with van der Waals surface area (Å²) in [5, 5.41) is 12.9. The van der Waals surface area contributed by atoms with E-state index in [9.17, 15) is 9.90 Å². The van der Waals surface area contributed by atoms with Crippen LogP contribution in [0.2, 0.25) is 0 Å². The summed E-state index contributed by atoms with van der Waals surface area (Å²) in [4.78, 5) is 11.4. The van der Waals surface area contributed by atoms with Gasteiger partial charge < -0.3 is 24.3 Å². The molecule has 6 nitrogen and oxygen atoms in total. The number of carbonyl (C=O) groups is 1. The molecule has 1 aromatic carbocycles. The van der Waals surface area contributed by atoms with Crippen LogP contribution in [0.1, 0.15) is 16.1 Å². The third kappa shape index (κ3) is 4.91. The van der Waals surface area contributed by atoms with E-state index in [1.54, 1.807) is 30.5 Å². The molecule has 22 heavy (non-hydrogen) atoms. The predicted molar refractivity (Wildman–Crippen MR) is 79.7 cm³/mol. The van der Waals surface area contributed by atoms with Gasteiger partial charge in [0.15, 0.2) is 0 Å². The Bertz CT molecular complexity index is 582. The Kier molecular flexibility index (Phi) is 6.00. The molecule has 0 aliphatic rings. The Balaban J connectivity index is 1.73. The molecule has 0 bridgehead atoms. The van der Waals surface area contributed by atoms with Crippen LogP contribution in [0.4, 0.5) is 0 Å². The first-order valence-corrected chi connectivity index (χ1v) is 6.91. The van der Waals surface area contributed by atoms with Gasteiger partial charge in [-0.25, -0.2) is 4.79 Å². The van der Waals surface area contributed by atoms with Crippen LogP contribution in [-0.4, -0.2) is 37.4 Å². The van der Waals surface area contributed by atoms with E-state index in [-0.39, 0.29) is 6.61 Å². The molecule has 0 aliphatic carbocycles. The van der Waals surface area contributed by atoms with Crippen molar-refractivity contribution >= 4 is 5.97 Å². The Labute approximate surface area is 128 Å². The second-order valence-corrected chi connectivity index (χ2v) is 4.69. The largest absolute Gasteiger partial charge is 0.491 e. The van der Waals surface area contributed by atoms with E-state index in [0.29, 0.717) is 24.4 Å². The molecule has 2 N–H and O–H groups in total. The van der Waals surface area contributed by atoms with Crippen molar-refractivity contribution in [3.05, 3.63) is 54.0 Å². The number of esters is 1. The summed E-state index contributed by atoms with van der Waals surface area (Å²) in [5.41, 5.74) is 0.408. The summed E-state index contributed by atoms with van der Waals surface area (Å²) < 4.78 is 15.3. The van der Waals surface area contributed by atoms with Gasteiger partial charge in [0.1, 0.15) is 24.2 Å². The molecule has 2 rings (SSSR count). The highest BCUT2D eigenvalue weighted by Crippen LogP contribution is 2.14. The fourth-order valence-electron chi connectivity index (χ4n) is 1.86. The predicted octanol–water partition coefficient (Wildman–Crippen LogP) is 1.60. The molecule has 0 radical (unpaired) electrons. The molecule has 0 spiro atoms. The highest BCUT2D eigenvalue weighted by atomic mass is 16.5. The van der Waals surface area contributed by atoms with Crippen LogP contribution in [0.15, 0.2) is 47.1 Å². The minimum atomic E-state index is -0.670. The van der Waals surface area contributed by atoms with Gasteiger partial charge in [0.25, 0.3) is 0 Å². The van der Waals surface area contributed by atoms with E-state index in [2.05, 4.69) is 10.1 Å². The zero-order valence-electron chi connectivity index (χ0n) is 12.3. The Morgan fingerprint density at radius 3 is 2.95 bits per heavy atom. The Hall–Kier alpha value is -2.31. The molecule has 0 amide bonds. The lowest BCUT2D eigenvalue weighted by Gasteiger charge is -2.13. The van der Waals surface area contributed by atoms with Gasteiger partial charge in [-0.3, -0.25) is 0 Å². The van der Waals surface area contributed by atoms with E-state index in [1.807, 2.05) is 12.1 Å². The van der Waals surface area contributed by atoms with E-state index < -0.39 is 12.1 Å². The van der Waals surface area contributed by atoms with Gasteiger partial charge in [0.05, 0.1) is 25.5 Å². The van der Waals surface area contributed by atoms with Crippen molar-refractivity contribution in [2.75, 3.05) is 20.3 Å². The maximum Gasteiger partial charge on any atom is 0.337 e. The summed E-state index contributed by atoms with van der Waals surface area (Å²) in [5.74, 6) is 0.887. The second-order valence-electron chi connectivity index (χ2n) is 4.69. The second kappa shape index (κ2) is 8.21. The van der Waals surface area contributed by atoms with Gasteiger partial charge in [0.2, 0.25) is 0 Å². The van der Waals surface area contributed by atoms with Crippen molar-refractivity contribution in [2.45, 2.75) is 12.6 Å². The minimum absolute atomic E-state index is 0.121. The summed E-state index contributed by atoms with van der Waals surface area (Å²) >= 11 is 0. The standard InChI is InChI=1S/C16H19NO5/c1-20-16(19)12-4-2-5-14(8-12)22-11-13(18)9-17-10-15-6-3-7-21-15/h2-8,13,17-18H,9-11H2,1H3/t13-/m0/s1. The SMILES string of the molecule is COC(=O)c1cccc(OC[C@@H](O)CNCc2ccco2)c1. The topological polar surface area (TPSA) is 80.9 Å².